The van der Waals surface area contributed by atoms with Crippen molar-refractivity contribution in [3.8, 4) is 11.5 Å². The quantitative estimate of drug-likeness (QED) is 0.336. The summed E-state index contributed by atoms with van der Waals surface area (Å²) < 4.78 is 5.13. The van der Waals surface area contributed by atoms with Crippen LogP contribution < -0.4 is 10.6 Å². The Labute approximate surface area is 160 Å². The molecule has 25 heavy (non-hydrogen) atoms. The first kappa shape index (κ1) is 21.9. The van der Waals surface area contributed by atoms with Crippen molar-refractivity contribution in [2.45, 2.75) is 57.7 Å². The van der Waals surface area contributed by atoms with Crippen molar-refractivity contribution in [2.75, 3.05) is 14.2 Å². The van der Waals surface area contributed by atoms with Crippen molar-refractivity contribution < 1.29 is 9.84 Å². The zero-order valence-electron chi connectivity index (χ0n) is 15.6. The van der Waals surface area contributed by atoms with Crippen LogP contribution in [0.15, 0.2) is 17.1 Å². The summed E-state index contributed by atoms with van der Waals surface area (Å²) >= 11 is 7.59. The Morgan fingerprint density at radius 3 is 2.56 bits per heavy atom. The smallest absolute Gasteiger partial charge is 0.176 e. The molecular weight excluding hydrogens is 358 g/mol. The highest BCUT2D eigenvalue weighted by molar-refractivity contribution is 8.13. The van der Waals surface area contributed by atoms with Crippen molar-refractivity contribution in [3.63, 3.8) is 0 Å². The minimum absolute atomic E-state index is 0.0324. The lowest BCUT2D eigenvalue weighted by Crippen LogP contribution is -2.32. The van der Waals surface area contributed by atoms with Gasteiger partial charge in [0.05, 0.1) is 18.2 Å². The molecule has 1 aromatic rings. The van der Waals surface area contributed by atoms with Crippen molar-refractivity contribution >= 4 is 28.5 Å². The standard InChI is InChI=1S/C16H24ClN3O2S.C2H6/c1-20(18)16(19-12-6-4-3-5-7-12)23-10-11-8-13(17)15(21)14(9-11)22-2;1-2/h8-9,12,21H,3-7,10,18H2,1-2H3;1-2H3. The summed E-state index contributed by atoms with van der Waals surface area (Å²) in [6, 6.07) is 3.89. The van der Waals surface area contributed by atoms with Crippen LogP contribution >= 0.6 is 23.4 Å². The number of aromatic hydroxyl groups is 1. The molecule has 0 atom stereocenters. The molecule has 0 unspecified atom stereocenters. The second-order valence-corrected chi connectivity index (χ2v) is 7.08. The van der Waals surface area contributed by atoms with Crippen molar-refractivity contribution in [1.29, 1.82) is 0 Å². The molecule has 0 aliphatic heterocycles. The molecule has 0 saturated heterocycles. The fourth-order valence-electron chi connectivity index (χ4n) is 2.61. The number of hydrogen-bond acceptors (Lipinski definition) is 5. The van der Waals surface area contributed by atoms with E-state index in [0.717, 1.165) is 23.6 Å². The number of aliphatic imine (C=N–C) groups is 1. The minimum Gasteiger partial charge on any atom is -0.503 e. The highest BCUT2D eigenvalue weighted by Crippen LogP contribution is 2.36. The van der Waals surface area contributed by atoms with Crippen LogP contribution in [0.4, 0.5) is 0 Å². The number of phenolic OH excluding ortho intramolecular Hbond substituents is 1. The topological polar surface area (TPSA) is 71.1 Å². The lowest BCUT2D eigenvalue weighted by Gasteiger charge is -2.22. The Bertz CT molecular complexity index is 561. The Morgan fingerprint density at radius 1 is 1.36 bits per heavy atom. The molecule has 0 bridgehead atoms. The van der Waals surface area contributed by atoms with E-state index in [4.69, 9.17) is 27.2 Å². The number of benzene rings is 1. The summed E-state index contributed by atoms with van der Waals surface area (Å²) in [5.41, 5.74) is 0.952. The third-order valence-corrected chi connectivity index (χ3v) is 5.26. The van der Waals surface area contributed by atoms with Gasteiger partial charge in [0.15, 0.2) is 16.7 Å². The molecular formula is C18H30ClN3O2S. The van der Waals surface area contributed by atoms with Gasteiger partial charge in [-0.05, 0) is 30.5 Å². The third-order valence-electron chi connectivity index (χ3n) is 3.85. The van der Waals surface area contributed by atoms with E-state index in [9.17, 15) is 5.11 Å². The molecule has 0 spiro atoms. The van der Waals surface area contributed by atoms with Crippen LogP contribution in [0.1, 0.15) is 51.5 Å². The van der Waals surface area contributed by atoms with E-state index in [0.29, 0.717) is 17.5 Å². The van der Waals surface area contributed by atoms with Gasteiger partial charge in [0.2, 0.25) is 0 Å². The van der Waals surface area contributed by atoms with Crippen LogP contribution in [0.2, 0.25) is 5.02 Å². The number of rotatable bonds is 4. The van der Waals surface area contributed by atoms with Gasteiger partial charge in [0.25, 0.3) is 0 Å². The van der Waals surface area contributed by atoms with Gasteiger partial charge in [-0.1, -0.05) is 56.5 Å². The molecule has 0 aromatic heterocycles. The molecule has 1 aromatic carbocycles. The highest BCUT2D eigenvalue weighted by Gasteiger charge is 2.15. The molecule has 7 heteroatoms. The number of phenols is 1. The molecule has 2 rings (SSSR count). The Balaban J connectivity index is 0.00000151. The molecule has 1 fully saturated rings. The van der Waals surface area contributed by atoms with E-state index in [-0.39, 0.29) is 10.8 Å². The normalized spacial score (nSPS) is 15.4. The fourth-order valence-corrected chi connectivity index (χ4v) is 3.73. The zero-order valence-corrected chi connectivity index (χ0v) is 17.2. The summed E-state index contributed by atoms with van der Waals surface area (Å²) in [5, 5.41) is 12.5. The number of amidine groups is 1. The van der Waals surface area contributed by atoms with Crippen molar-refractivity contribution in [1.82, 2.24) is 5.01 Å². The summed E-state index contributed by atoms with van der Waals surface area (Å²) in [6.07, 6.45) is 6.06. The van der Waals surface area contributed by atoms with Crippen LogP contribution in [0, 0.1) is 0 Å². The second kappa shape index (κ2) is 11.5. The minimum atomic E-state index is -0.0324. The number of hydrogen-bond donors (Lipinski definition) is 2. The number of nitrogens with zero attached hydrogens (tertiary/aromatic N) is 2. The Morgan fingerprint density at radius 2 is 2.00 bits per heavy atom. The van der Waals surface area contributed by atoms with E-state index in [2.05, 4.69) is 0 Å². The zero-order chi connectivity index (χ0) is 18.8. The van der Waals surface area contributed by atoms with Crippen LogP contribution in [-0.4, -0.2) is 35.5 Å². The van der Waals surface area contributed by atoms with E-state index < -0.39 is 0 Å². The lowest BCUT2D eigenvalue weighted by molar-refractivity contribution is 0.373. The number of hydrazine groups is 1. The number of nitrogens with two attached hydrogens (primary N) is 1. The molecule has 1 aliphatic carbocycles. The molecule has 1 saturated carbocycles. The highest BCUT2D eigenvalue weighted by atomic mass is 35.5. The summed E-state index contributed by atoms with van der Waals surface area (Å²) in [5.74, 6) is 6.92. The third kappa shape index (κ3) is 6.96. The molecule has 142 valence electrons. The first-order chi connectivity index (χ1) is 12.0. The SMILES string of the molecule is CC.COc1cc(CSC(=NC2CCCCC2)N(C)N)cc(Cl)c1O. The van der Waals surface area contributed by atoms with E-state index in [1.165, 1.54) is 26.4 Å². The molecule has 0 heterocycles. The molecule has 1 aliphatic rings. The maximum absolute atomic E-state index is 9.79. The summed E-state index contributed by atoms with van der Waals surface area (Å²) in [6.45, 7) is 4.00. The van der Waals surface area contributed by atoms with Gasteiger partial charge >= 0.3 is 0 Å². The van der Waals surface area contributed by atoms with Crippen molar-refractivity contribution in [2.24, 2.45) is 10.8 Å². The van der Waals surface area contributed by atoms with Crippen molar-refractivity contribution in [3.05, 3.63) is 22.7 Å². The molecule has 0 radical (unpaired) electrons. The van der Waals surface area contributed by atoms with Gasteiger partial charge in [-0.15, -0.1) is 0 Å². The first-order valence-electron chi connectivity index (χ1n) is 8.75. The van der Waals surface area contributed by atoms with Gasteiger partial charge in [-0.2, -0.15) is 0 Å². The van der Waals surface area contributed by atoms with E-state index >= 15 is 0 Å². The fraction of sp³-hybridized carbons (Fsp3) is 0.611. The summed E-state index contributed by atoms with van der Waals surface area (Å²) in [4.78, 5) is 4.80. The Kier molecular flexibility index (Phi) is 10.1. The number of methoxy groups -OCH3 is 1. The van der Waals surface area contributed by atoms with Crippen LogP contribution in [-0.2, 0) is 5.75 Å². The number of halogens is 1. The lowest BCUT2D eigenvalue weighted by atomic mass is 9.96. The molecule has 0 amide bonds. The average Bonchev–Trinajstić information content (AvgIpc) is 2.63. The average molecular weight is 388 g/mol. The maximum Gasteiger partial charge on any atom is 0.176 e. The van der Waals surface area contributed by atoms with Crippen LogP contribution in [0.25, 0.3) is 0 Å². The molecule has 3 N–H and O–H groups in total. The van der Waals surface area contributed by atoms with Gasteiger partial charge < -0.3 is 9.84 Å². The van der Waals surface area contributed by atoms with Gasteiger partial charge in [0, 0.05) is 12.8 Å². The predicted octanol–water partition coefficient (Wildman–Crippen LogP) is 4.81. The van der Waals surface area contributed by atoms with Gasteiger partial charge in [-0.3, -0.25) is 10.0 Å². The largest absolute Gasteiger partial charge is 0.503 e. The molecule has 5 nitrogen and oxygen atoms in total. The maximum atomic E-state index is 9.79. The van der Waals surface area contributed by atoms with E-state index in [1.807, 2.05) is 13.8 Å². The van der Waals surface area contributed by atoms with Gasteiger partial charge in [-0.25, -0.2) is 5.84 Å². The van der Waals surface area contributed by atoms with Gasteiger partial charge in [0.1, 0.15) is 0 Å². The monoisotopic (exact) mass is 387 g/mol. The second-order valence-electron chi connectivity index (χ2n) is 5.73. The predicted molar refractivity (Wildman–Crippen MR) is 109 cm³/mol. The first-order valence-corrected chi connectivity index (χ1v) is 10.1. The van der Waals surface area contributed by atoms with Crippen LogP contribution in [0.5, 0.6) is 11.5 Å². The Hall–Kier alpha value is -1.11. The van der Waals surface area contributed by atoms with Crippen LogP contribution in [0.3, 0.4) is 0 Å². The summed E-state index contributed by atoms with van der Waals surface area (Å²) in [7, 11) is 3.31. The number of thioether (sulfide) groups is 1. The van der Waals surface area contributed by atoms with E-state index in [1.54, 1.807) is 36.0 Å². The number of ether oxygens (including phenoxy) is 1.